The maximum absolute atomic E-state index is 13.6. The molecule has 0 saturated carbocycles. The summed E-state index contributed by atoms with van der Waals surface area (Å²) < 4.78 is 65.1. The van der Waals surface area contributed by atoms with Gasteiger partial charge in [0, 0.05) is 0 Å². The number of carboxylic acid groups (broad SMARTS) is 1. The standard InChI is InChI=1S/C11H11ClF3NO4S/c1-11(10(14)15,5-8(17)18)16-21(19,20)9-6(12)3-2-4-7(9)13/h2-4,10,16H,5H2,1H3,(H,17,18). The van der Waals surface area contributed by atoms with E-state index >= 15 is 0 Å². The first kappa shape index (κ1) is 17.7. The van der Waals surface area contributed by atoms with Crippen molar-refractivity contribution in [2.45, 2.75) is 30.2 Å². The first-order chi connectivity index (χ1) is 9.49. The van der Waals surface area contributed by atoms with Gasteiger partial charge in [-0.15, -0.1) is 0 Å². The van der Waals surface area contributed by atoms with Gasteiger partial charge in [0.15, 0.2) is 0 Å². The molecule has 1 rings (SSSR count). The molecule has 1 unspecified atom stereocenters. The fourth-order valence-electron chi connectivity index (χ4n) is 1.57. The molecule has 0 saturated heterocycles. The Balaban J connectivity index is 3.28. The van der Waals surface area contributed by atoms with Gasteiger partial charge in [0.05, 0.1) is 11.4 Å². The van der Waals surface area contributed by atoms with Crippen molar-refractivity contribution in [3.8, 4) is 0 Å². The molecule has 1 aromatic carbocycles. The monoisotopic (exact) mass is 345 g/mol. The molecule has 10 heteroatoms. The van der Waals surface area contributed by atoms with E-state index in [9.17, 15) is 26.4 Å². The lowest BCUT2D eigenvalue weighted by atomic mass is 10.0. The smallest absolute Gasteiger partial charge is 0.305 e. The number of sulfonamides is 1. The van der Waals surface area contributed by atoms with E-state index in [0.29, 0.717) is 6.92 Å². The van der Waals surface area contributed by atoms with E-state index in [1.54, 1.807) is 0 Å². The molecule has 1 aromatic rings. The van der Waals surface area contributed by atoms with Crippen LogP contribution in [0.3, 0.4) is 0 Å². The first-order valence-electron chi connectivity index (χ1n) is 5.47. The van der Waals surface area contributed by atoms with Crippen molar-refractivity contribution in [3.63, 3.8) is 0 Å². The van der Waals surface area contributed by atoms with Crippen LogP contribution in [-0.2, 0) is 14.8 Å². The van der Waals surface area contributed by atoms with Crippen molar-refractivity contribution >= 4 is 27.6 Å². The number of benzene rings is 1. The second-order valence-corrected chi connectivity index (χ2v) is 6.47. The fourth-order valence-corrected chi connectivity index (χ4v) is 3.56. The Kier molecular flexibility index (Phi) is 5.24. The molecule has 0 aliphatic rings. The number of rotatable bonds is 6. The summed E-state index contributed by atoms with van der Waals surface area (Å²) in [6.07, 6.45) is -4.51. The summed E-state index contributed by atoms with van der Waals surface area (Å²) in [7, 11) is -4.77. The third kappa shape index (κ3) is 4.08. The number of halogens is 4. The van der Waals surface area contributed by atoms with Crippen molar-refractivity contribution in [1.82, 2.24) is 4.72 Å². The Labute approximate surface area is 123 Å². The Morgan fingerprint density at radius 1 is 1.48 bits per heavy atom. The van der Waals surface area contributed by atoms with Gasteiger partial charge in [0.1, 0.15) is 16.3 Å². The highest BCUT2D eigenvalue weighted by Gasteiger charge is 2.42. The molecule has 1 atom stereocenters. The molecule has 0 aliphatic carbocycles. The van der Waals surface area contributed by atoms with Gasteiger partial charge in [0.25, 0.3) is 6.43 Å². The van der Waals surface area contributed by atoms with Crippen LogP contribution < -0.4 is 4.72 Å². The number of hydrogen-bond acceptors (Lipinski definition) is 3. The van der Waals surface area contributed by atoms with Gasteiger partial charge in [-0.1, -0.05) is 17.7 Å². The van der Waals surface area contributed by atoms with Crippen LogP contribution in [0.1, 0.15) is 13.3 Å². The average molecular weight is 346 g/mol. The number of nitrogens with one attached hydrogen (secondary N) is 1. The maximum Gasteiger partial charge on any atom is 0.305 e. The van der Waals surface area contributed by atoms with Crippen LogP contribution in [0.2, 0.25) is 5.02 Å². The Morgan fingerprint density at radius 2 is 2.05 bits per heavy atom. The molecule has 0 heterocycles. The summed E-state index contributed by atoms with van der Waals surface area (Å²) in [6.45, 7) is 0.706. The van der Waals surface area contributed by atoms with Crippen LogP contribution >= 0.6 is 11.6 Å². The molecule has 0 fully saturated rings. The Hall–Kier alpha value is -1.32. The summed E-state index contributed by atoms with van der Waals surface area (Å²) in [5, 5.41) is 8.10. The lowest BCUT2D eigenvalue weighted by Gasteiger charge is -2.28. The molecule has 0 bridgehead atoms. The van der Waals surface area contributed by atoms with Gasteiger partial charge >= 0.3 is 5.97 Å². The molecule has 0 aromatic heterocycles. The highest BCUT2D eigenvalue weighted by atomic mass is 35.5. The second kappa shape index (κ2) is 6.20. The van der Waals surface area contributed by atoms with Gasteiger partial charge < -0.3 is 5.11 Å². The van der Waals surface area contributed by atoms with Crippen LogP contribution in [0.25, 0.3) is 0 Å². The Bertz CT molecular complexity index is 633. The third-order valence-corrected chi connectivity index (χ3v) is 4.67. The zero-order valence-electron chi connectivity index (χ0n) is 10.6. The minimum atomic E-state index is -4.77. The fraction of sp³-hybridized carbons (Fsp3) is 0.364. The summed E-state index contributed by atoms with van der Waals surface area (Å²) in [5.74, 6) is -2.87. The minimum absolute atomic E-state index is 0.505. The van der Waals surface area contributed by atoms with Crippen LogP contribution in [0.4, 0.5) is 13.2 Å². The topological polar surface area (TPSA) is 83.5 Å². The number of alkyl halides is 2. The summed E-state index contributed by atoms with van der Waals surface area (Å²) in [6, 6.07) is 2.99. The van der Waals surface area contributed by atoms with Crippen molar-refractivity contribution in [2.24, 2.45) is 0 Å². The predicted molar refractivity (Wildman–Crippen MR) is 68.4 cm³/mol. The first-order valence-corrected chi connectivity index (χ1v) is 7.33. The normalized spacial score (nSPS) is 15.0. The van der Waals surface area contributed by atoms with Crippen molar-refractivity contribution in [2.75, 3.05) is 0 Å². The molecule has 0 spiro atoms. The zero-order valence-corrected chi connectivity index (χ0v) is 12.2. The summed E-state index contributed by atoms with van der Waals surface area (Å²) in [5.41, 5.74) is -2.60. The molecule has 21 heavy (non-hydrogen) atoms. The van der Waals surface area contributed by atoms with Crippen molar-refractivity contribution < 1.29 is 31.5 Å². The van der Waals surface area contributed by atoms with E-state index < -0.39 is 50.1 Å². The van der Waals surface area contributed by atoms with Crippen LogP contribution in [-0.4, -0.2) is 31.5 Å². The highest BCUT2D eigenvalue weighted by molar-refractivity contribution is 7.89. The van der Waals surface area contributed by atoms with Crippen LogP contribution in [0, 0.1) is 5.82 Å². The molecular weight excluding hydrogens is 335 g/mol. The lowest BCUT2D eigenvalue weighted by Crippen LogP contribution is -2.52. The minimum Gasteiger partial charge on any atom is -0.481 e. The van der Waals surface area contributed by atoms with Gasteiger partial charge in [-0.25, -0.2) is 21.6 Å². The van der Waals surface area contributed by atoms with E-state index in [2.05, 4.69) is 0 Å². The quantitative estimate of drug-likeness (QED) is 0.828. The van der Waals surface area contributed by atoms with Gasteiger partial charge in [-0.3, -0.25) is 4.79 Å². The highest BCUT2D eigenvalue weighted by Crippen LogP contribution is 2.28. The molecular formula is C11H11ClF3NO4S. The molecule has 118 valence electrons. The summed E-state index contributed by atoms with van der Waals surface area (Å²) >= 11 is 5.57. The molecule has 5 nitrogen and oxygen atoms in total. The lowest BCUT2D eigenvalue weighted by molar-refractivity contribution is -0.140. The van der Waals surface area contributed by atoms with E-state index in [-0.39, 0.29) is 0 Å². The zero-order chi connectivity index (χ0) is 16.4. The third-order valence-electron chi connectivity index (χ3n) is 2.56. The SMILES string of the molecule is CC(CC(=O)O)(NS(=O)(=O)c1c(F)cccc1Cl)C(F)F. The molecule has 2 N–H and O–H groups in total. The van der Waals surface area contributed by atoms with E-state index in [4.69, 9.17) is 16.7 Å². The van der Waals surface area contributed by atoms with Crippen LogP contribution in [0.5, 0.6) is 0 Å². The van der Waals surface area contributed by atoms with Crippen molar-refractivity contribution in [1.29, 1.82) is 0 Å². The van der Waals surface area contributed by atoms with E-state index in [1.807, 2.05) is 0 Å². The second-order valence-electron chi connectivity index (χ2n) is 4.44. The average Bonchev–Trinajstić information content (AvgIpc) is 2.25. The van der Waals surface area contributed by atoms with Crippen molar-refractivity contribution in [3.05, 3.63) is 29.0 Å². The number of hydrogen-bond donors (Lipinski definition) is 2. The van der Waals surface area contributed by atoms with Crippen LogP contribution in [0.15, 0.2) is 23.1 Å². The molecule has 0 radical (unpaired) electrons. The van der Waals surface area contributed by atoms with Gasteiger partial charge in [0.2, 0.25) is 10.0 Å². The van der Waals surface area contributed by atoms with E-state index in [1.165, 1.54) is 4.72 Å². The van der Waals surface area contributed by atoms with Gasteiger partial charge in [-0.05, 0) is 19.1 Å². The Morgan fingerprint density at radius 3 is 2.48 bits per heavy atom. The number of carbonyl (C=O) groups is 1. The number of carboxylic acids is 1. The largest absolute Gasteiger partial charge is 0.481 e. The molecule has 0 amide bonds. The number of aliphatic carboxylic acids is 1. The van der Waals surface area contributed by atoms with Gasteiger partial charge in [-0.2, -0.15) is 4.72 Å². The predicted octanol–water partition coefficient (Wildman–Crippen LogP) is 2.26. The maximum atomic E-state index is 13.6. The molecule has 0 aliphatic heterocycles. The summed E-state index contributed by atoms with van der Waals surface area (Å²) in [4.78, 5) is 9.60. The van der Waals surface area contributed by atoms with E-state index in [0.717, 1.165) is 18.2 Å².